The Morgan fingerprint density at radius 2 is 2.13 bits per heavy atom. The van der Waals surface area contributed by atoms with Crippen molar-refractivity contribution in [1.29, 1.82) is 0 Å². The third-order valence-electron chi connectivity index (χ3n) is 3.32. The highest BCUT2D eigenvalue weighted by Crippen LogP contribution is 2.54. The molecule has 0 unspecified atom stereocenters. The first kappa shape index (κ1) is 9.91. The van der Waals surface area contributed by atoms with E-state index in [1.807, 2.05) is 23.9 Å². The van der Waals surface area contributed by atoms with Crippen LogP contribution in [0.3, 0.4) is 0 Å². The number of thioether (sulfide) groups is 1. The average Bonchev–Trinajstić information content (AvgIpc) is 2.16. The van der Waals surface area contributed by atoms with Gasteiger partial charge in [-0.15, -0.1) is 11.8 Å². The Morgan fingerprint density at radius 3 is 2.80 bits per heavy atom. The van der Waals surface area contributed by atoms with Crippen molar-refractivity contribution >= 4 is 33.5 Å². The fourth-order valence-electron chi connectivity index (χ4n) is 2.32. The Balaban J connectivity index is 2.04. The van der Waals surface area contributed by atoms with E-state index in [4.69, 9.17) is 0 Å². The molecule has 0 amide bonds. The van der Waals surface area contributed by atoms with Crippen molar-refractivity contribution in [2.24, 2.45) is 0 Å². The SMILES string of the molecule is O=C1CC2(CCC2)Sc2ccc(Br)cc21. The van der Waals surface area contributed by atoms with Crippen LogP contribution in [0.15, 0.2) is 27.6 Å². The molecule has 1 spiro atoms. The molecule has 0 radical (unpaired) electrons. The van der Waals surface area contributed by atoms with E-state index in [1.54, 1.807) is 0 Å². The molecule has 0 N–H and O–H groups in total. The molecule has 3 rings (SSSR count). The second kappa shape index (κ2) is 3.36. The lowest BCUT2D eigenvalue weighted by Gasteiger charge is -2.43. The number of ketones is 1. The van der Waals surface area contributed by atoms with Crippen molar-refractivity contribution in [3.05, 3.63) is 28.2 Å². The van der Waals surface area contributed by atoms with Gasteiger partial charge >= 0.3 is 0 Å². The third kappa shape index (κ3) is 1.56. The van der Waals surface area contributed by atoms with E-state index in [2.05, 4.69) is 22.0 Å². The zero-order valence-electron chi connectivity index (χ0n) is 8.25. The van der Waals surface area contributed by atoms with Crippen molar-refractivity contribution < 1.29 is 4.79 Å². The second-order valence-electron chi connectivity index (χ2n) is 4.38. The van der Waals surface area contributed by atoms with E-state index in [-0.39, 0.29) is 4.75 Å². The van der Waals surface area contributed by atoms with Gasteiger partial charge in [0.2, 0.25) is 0 Å². The lowest BCUT2D eigenvalue weighted by atomic mass is 9.79. The smallest absolute Gasteiger partial charge is 0.165 e. The minimum absolute atomic E-state index is 0.262. The Labute approximate surface area is 102 Å². The fraction of sp³-hybridized carbons (Fsp3) is 0.417. The van der Waals surface area contributed by atoms with Crippen molar-refractivity contribution in [1.82, 2.24) is 0 Å². The number of hydrogen-bond donors (Lipinski definition) is 0. The molecule has 1 aliphatic carbocycles. The van der Waals surface area contributed by atoms with Gasteiger partial charge in [0.1, 0.15) is 0 Å². The van der Waals surface area contributed by atoms with Gasteiger partial charge in [-0.05, 0) is 31.0 Å². The molecule has 0 aromatic heterocycles. The summed E-state index contributed by atoms with van der Waals surface area (Å²) in [6, 6.07) is 6.05. The molecule has 0 saturated heterocycles. The number of hydrogen-bond acceptors (Lipinski definition) is 2. The molecule has 1 heterocycles. The molecule has 3 heteroatoms. The highest BCUT2D eigenvalue weighted by atomic mass is 79.9. The van der Waals surface area contributed by atoms with Crippen LogP contribution in [0.2, 0.25) is 0 Å². The summed E-state index contributed by atoms with van der Waals surface area (Å²) in [5, 5.41) is 0. The molecule has 78 valence electrons. The van der Waals surface area contributed by atoms with Crippen molar-refractivity contribution in [3.63, 3.8) is 0 Å². The van der Waals surface area contributed by atoms with E-state index >= 15 is 0 Å². The van der Waals surface area contributed by atoms with E-state index in [9.17, 15) is 4.79 Å². The van der Waals surface area contributed by atoms with Crippen LogP contribution in [0.5, 0.6) is 0 Å². The van der Waals surface area contributed by atoms with Crippen LogP contribution in [0, 0.1) is 0 Å². The van der Waals surface area contributed by atoms with Gasteiger partial charge in [-0.1, -0.05) is 22.4 Å². The fourth-order valence-corrected chi connectivity index (χ4v) is 4.26. The summed E-state index contributed by atoms with van der Waals surface area (Å²) in [5.41, 5.74) is 0.909. The lowest BCUT2D eigenvalue weighted by molar-refractivity contribution is 0.0943. The Bertz CT molecular complexity index is 437. The first-order valence-corrected chi connectivity index (χ1v) is 6.81. The van der Waals surface area contributed by atoms with Gasteiger partial charge in [-0.25, -0.2) is 0 Å². The Kier molecular flexibility index (Phi) is 2.22. The molecule has 0 atom stereocenters. The maximum Gasteiger partial charge on any atom is 0.165 e. The molecule has 1 nitrogen and oxygen atoms in total. The summed E-state index contributed by atoms with van der Waals surface area (Å²) in [6.07, 6.45) is 4.44. The maximum absolute atomic E-state index is 12.0. The average molecular weight is 283 g/mol. The molecule has 1 aliphatic heterocycles. The summed E-state index contributed by atoms with van der Waals surface area (Å²) in [7, 11) is 0. The Hall–Kier alpha value is -0.280. The van der Waals surface area contributed by atoms with Gasteiger partial charge in [0, 0.05) is 26.1 Å². The molecule has 0 bridgehead atoms. The van der Waals surface area contributed by atoms with Crippen molar-refractivity contribution in [3.8, 4) is 0 Å². The van der Waals surface area contributed by atoms with Crippen LogP contribution in [0.1, 0.15) is 36.0 Å². The van der Waals surface area contributed by atoms with Crippen LogP contribution in [0.25, 0.3) is 0 Å². The van der Waals surface area contributed by atoms with Crippen LogP contribution in [0.4, 0.5) is 0 Å². The zero-order chi connectivity index (χ0) is 10.5. The van der Waals surface area contributed by atoms with Crippen LogP contribution >= 0.6 is 27.7 Å². The highest BCUT2D eigenvalue weighted by molar-refractivity contribution is 9.10. The van der Waals surface area contributed by atoms with Crippen molar-refractivity contribution in [2.75, 3.05) is 0 Å². The number of halogens is 1. The van der Waals surface area contributed by atoms with E-state index < -0.39 is 0 Å². The summed E-state index contributed by atoms with van der Waals surface area (Å²) >= 11 is 5.33. The van der Waals surface area contributed by atoms with E-state index in [0.29, 0.717) is 5.78 Å². The first-order valence-electron chi connectivity index (χ1n) is 5.20. The van der Waals surface area contributed by atoms with Gasteiger partial charge in [0.05, 0.1) is 0 Å². The molecule has 1 aromatic carbocycles. The largest absolute Gasteiger partial charge is 0.294 e. The first-order chi connectivity index (χ1) is 7.19. The van der Waals surface area contributed by atoms with Gasteiger partial charge in [-0.2, -0.15) is 0 Å². The minimum Gasteiger partial charge on any atom is -0.294 e. The predicted octanol–water partition coefficient (Wildman–Crippen LogP) is 4.05. The van der Waals surface area contributed by atoms with Gasteiger partial charge in [-0.3, -0.25) is 4.79 Å². The number of benzene rings is 1. The Morgan fingerprint density at radius 1 is 1.33 bits per heavy atom. The maximum atomic E-state index is 12.0. The highest BCUT2D eigenvalue weighted by Gasteiger charge is 2.43. The molecule has 15 heavy (non-hydrogen) atoms. The number of fused-ring (bicyclic) bond motifs is 1. The molecule has 2 aliphatic rings. The topological polar surface area (TPSA) is 17.1 Å². The molecule has 1 saturated carbocycles. The standard InChI is InChI=1S/C12H11BrOS/c13-8-2-3-11-9(6-8)10(14)7-12(15-11)4-1-5-12/h2-3,6H,1,4-5,7H2. The summed E-state index contributed by atoms with van der Waals surface area (Å²) in [4.78, 5) is 13.2. The third-order valence-corrected chi connectivity index (χ3v) is 5.37. The number of carbonyl (C=O) groups is 1. The molecular formula is C12H11BrOS. The molecular weight excluding hydrogens is 272 g/mol. The zero-order valence-corrected chi connectivity index (χ0v) is 10.7. The number of rotatable bonds is 0. The van der Waals surface area contributed by atoms with Gasteiger partial charge in [0.25, 0.3) is 0 Å². The molecule has 1 aromatic rings. The van der Waals surface area contributed by atoms with Crippen LogP contribution < -0.4 is 0 Å². The van der Waals surface area contributed by atoms with Crippen LogP contribution in [-0.4, -0.2) is 10.5 Å². The van der Waals surface area contributed by atoms with E-state index in [0.717, 1.165) is 16.5 Å². The number of Topliss-reactive ketones (excluding diaryl/α,β-unsaturated/α-hetero) is 1. The van der Waals surface area contributed by atoms with Crippen molar-refractivity contribution in [2.45, 2.75) is 35.3 Å². The van der Waals surface area contributed by atoms with Gasteiger partial charge in [0.15, 0.2) is 5.78 Å². The van der Waals surface area contributed by atoms with E-state index in [1.165, 1.54) is 24.2 Å². The van der Waals surface area contributed by atoms with Gasteiger partial charge < -0.3 is 0 Å². The minimum atomic E-state index is 0.262. The molecule has 1 fully saturated rings. The van der Waals surface area contributed by atoms with Crippen LogP contribution in [-0.2, 0) is 0 Å². The normalized spacial score (nSPS) is 22.3. The monoisotopic (exact) mass is 282 g/mol. The second-order valence-corrected chi connectivity index (χ2v) is 6.80. The summed E-state index contributed by atoms with van der Waals surface area (Å²) in [6.45, 7) is 0. The lowest BCUT2D eigenvalue weighted by Crippen LogP contribution is -2.38. The predicted molar refractivity (Wildman–Crippen MR) is 65.5 cm³/mol. The quantitative estimate of drug-likeness (QED) is 0.714. The summed E-state index contributed by atoms with van der Waals surface area (Å²) < 4.78 is 1.26. The summed E-state index contributed by atoms with van der Waals surface area (Å²) in [5.74, 6) is 0.324. The number of carbonyl (C=O) groups excluding carboxylic acids is 1.